The first-order valence-corrected chi connectivity index (χ1v) is 8.89. The molecule has 2 N–H and O–H groups in total. The van der Waals surface area contributed by atoms with Crippen LogP contribution in [0.4, 0.5) is 15.9 Å². The van der Waals surface area contributed by atoms with Crippen molar-refractivity contribution in [3.8, 4) is 0 Å². The lowest BCUT2D eigenvalue weighted by molar-refractivity contribution is -0.387. The smallest absolute Gasteiger partial charge is 0.276 e. The Morgan fingerprint density at radius 2 is 1.86 bits per heavy atom. The van der Waals surface area contributed by atoms with Crippen LogP contribution in [-0.4, -0.2) is 20.8 Å². The minimum Gasteiger partial charge on any atom is -0.276 e. The largest absolute Gasteiger partial charge is 0.345 e. The van der Waals surface area contributed by atoms with E-state index in [0.717, 1.165) is 24.2 Å². The maximum Gasteiger partial charge on any atom is 0.345 e. The second-order valence-corrected chi connectivity index (χ2v) is 6.75. The Labute approximate surface area is 167 Å². The summed E-state index contributed by atoms with van der Waals surface area (Å²) in [6, 6.07) is 12.0. The molecule has 0 aliphatic heterocycles. The first kappa shape index (κ1) is 19.5. The summed E-state index contributed by atoms with van der Waals surface area (Å²) >= 11 is 6.87. The van der Waals surface area contributed by atoms with E-state index in [-0.39, 0.29) is 16.4 Å². The van der Waals surface area contributed by atoms with E-state index in [1.165, 1.54) is 18.2 Å². The molecule has 1 amide bonds. The van der Waals surface area contributed by atoms with Crippen molar-refractivity contribution >= 4 is 40.8 Å². The molecule has 3 aromatic rings. The highest BCUT2D eigenvalue weighted by atomic mass is 35.5. The fourth-order valence-electron chi connectivity index (χ4n) is 2.14. The van der Waals surface area contributed by atoms with Gasteiger partial charge in [-0.3, -0.25) is 25.8 Å². The Morgan fingerprint density at radius 1 is 1.14 bits per heavy atom. The van der Waals surface area contributed by atoms with Gasteiger partial charge in [0.25, 0.3) is 5.91 Å². The molecule has 1 aromatic heterocycles. The van der Waals surface area contributed by atoms with Crippen molar-refractivity contribution in [2.75, 3.05) is 5.43 Å². The van der Waals surface area contributed by atoms with Crippen molar-refractivity contribution in [1.82, 2.24) is 15.4 Å². The van der Waals surface area contributed by atoms with Crippen molar-refractivity contribution < 1.29 is 14.1 Å². The van der Waals surface area contributed by atoms with E-state index in [4.69, 9.17) is 11.6 Å². The Morgan fingerprint density at radius 3 is 2.54 bits per heavy atom. The minimum atomic E-state index is -0.807. The number of anilines is 1. The molecule has 0 atom stereocenters. The number of amides is 1. The molecule has 11 heteroatoms. The topological polar surface area (TPSA) is 110 Å². The van der Waals surface area contributed by atoms with E-state index in [1.807, 2.05) is 0 Å². The number of hydrazine groups is 1. The number of nitrogens with zero attached hydrogens (tertiary/aromatic N) is 3. The third-order valence-electron chi connectivity index (χ3n) is 3.41. The fraction of sp³-hybridized carbons (Fsp3) is 0. The van der Waals surface area contributed by atoms with Crippen molar-refractivity contribution in [3.05, 3.63) is 81.4 Å². The molecule has 0 bridgehead atoms. The number of aromatic nitrogens is 2. The maximum absolute atomic E-state index is 13.7. The first-order valence-electron chi connectivity index (χ1n) is 7.69. The van der Waals surface area contributed by atoms with E-state index in [2.05, 4.69) is 20.8 Å². The van der Waals surface area contributed by atoms with Gasteiger partial charge in [-0.15, -0.1) is 0 Å². The van der Waals surface area contributed by atoms with Crippen LogP contribution < -0.4 is 10.9 Å². The van der Waals surface area contributed by atoms with Gasteiger partial charge in [0.1, 0.15) is 12.1 Å². The summed E-state index contributed by atoms with van der Waals surface area (Å²) in [5.41, 5.74) is 3.91. The number of benzene rings is 2. The van der Waals surface area contributed by atoms with Crippen LogP contribution in [0.3, 0.4) is 0 Å². The zero-order chi connectivity index (χ0) is 20.1. The number of nitrogens with one attached hydrogen (secondary N) is 2. The predicted molar refractivity (Wildman–Crippen MR) is 102 cm³/mol. The molecule has 0 saturated heterocycles. The fourth-order valence-corrected chi connectivity index (χ4v) is 3.13. The SMILES string of the molecule is O=C(NNc1ncnc(Sc2ccc(Cl)cc2)c1[N+](=O)[O-])c1ccccc1F. The van der Waals surface area contributed by atoms with Crippen LogP contribution in [-0.2, 0) is 0 Å². The van der Waals surface area contributed by atoms with E-state index in [9.17, 15) is 19.3 Å². The van der Waals surface area contributed by atoms with Crippen LogP contribution in [0.15, 0.2) is 64.8 Å². The highest BCUT2D eigenvalue weighted by molar-refractivity contribution is 7.99. The monoisotopic (exact) mass is 419 g/mol. The van der Waals surface area contributed by atoms with Crippen molar-refractivity contribution in [2.45, 2.75) is 9.92 Å². The second-order valence-electron chi connectivity index (χ2n) is 5.25. The van der Waals surface area contributed by atoms with Gasteiger partial charge in [-0.2, -0.15) is 0 Å². The number of halogens is 2. The van der Waals surface area contributed by atoms with Gasteiger partial charge in [-0.05, 0) is 36.4 Å². The zero-order valence-corrected chi connectivity index (χ0v) is 15.5. The molecule has 3 rings (SSSR count). The summed E-state index contributed by atoms with van der Waals surface area (Å²) in [5, 5.41) is 12.1. The molecule has 2 aromatic carbocycles. The van der Waals surface area contributed by atoms with E-state index >= 15 is 0 Å². The van der Waals surface area contributed by atoms with E-state index < -0.39 is 22.3 Å². The summed E-state index contributed by atoms with van der Waals surface area (Å²) in [4.78, 5) is 31.4. The number of hydrogen-bond donors (Lipinski definition) is 2. The van der Waals surface area contributed by atoms with Gasteiger partial charge in [0.15, 0.2) is 5.03 Å². The average Bonchev–Trinajstić information content (AvgIpc) is 2.68. The molecule has 0 aliphatic carbocycles. The standard InChI is InChI=1S/C17H11ClFN5O3S/c18-10-5-7-11(8-6-10)28-17-14(24(26)27)15(20-9-21-17)22-23-16(25)12-3-1-2-4-13(12)19/h1-9H,(H,23,25)(H,20,21,22). The van der Waals surface area contributed by atoms with E-state index in [0.29, 0.717) is 9.92 Å². The van der Waals surface area contributed by atoms with Gasteiger partial charge in [0, 0.05) is 9.92 Å². The maximum atomic E-state index is 13.7. The van der Waals surface area contributed by atoms with Crippen LogP contribution >= 0.6 is 23.4 Å². The molecule has 0 unspecified atom stereocenters. The second kappa shape index (κ2) is 8.63. The van der Waals surface area contributed by atoms with Crippen LogP contribution in [0.5, 0.6) is 0 Å². The van der Waals surface area contributed by atoms with Gasteiger partial charge < -0.3 is 0 Å². The lowest BCUT2D eigenvalue weighted by Crippen LogP contribution is -2.31. The van der Waals surface area contributed by atoms with Crippen LogP contribution in [0.1, 0.15) is 10.4 Å². The molecule has 1 heterocycles. The molecular formula is C17H11ClFN5O3S. The van der Waals surface area contributed by atoms with Crippen LogP contribution in [0.2, 0.25) is 5.02 Å². The van der Waals surface area contributed by atoms with Crippen LogP contribution in [0, 0.1) is 15.9 Å². The minimum absolute atomic E-state index is 0.0602. The van der Waals surface area contributed by atoms with E-state index in [1.54, 1.807) is 24.3 Å². The molecule has 0 aliphatic rings. The van der Waals surface area contributed by atoms with Crippen LogP contribution in [0.25, 0.3) is 0 Å². The highest BCUT2D eigenvalue weighted by Crippen LogP contribution is 2.36. The summed E-state index contributed by atoms with van der Waals surface area (Å²) in [5.74, 6) is -1.77. The summed E-state index contributed by atoms with van der Waals surface area (Å²) in [6.45, 7) is 0. The number of rotatable bonds is 6. The third-order valence-corrected chi connectivity index (χ3v) is 4.66. The normalized spacial score (nSPS) is 10.4. The Balaban J connectivity index is 1.83. The quantitative estimate of drug-likeness (QED) is 0.352. The molecule has 0 fully saturated rings. The lowest BCUT2D eigenvalue weighted by atomic mass is 10.2. The molecule has 0 spiro atoms. The number of nitro groups is 1. The van der Waals surface area contributed by atoms with Crippen molar-refractivity contribution in [1.29, 1.82) is 0 Å². The molecule has 0 saturated carbocycles. The average molecular weight is 420 g/mol. The first-order chi connectivity index (χ1) is 13.5. The molecule has 28 heavy (non-hydrogen) atoms. The van der Waals surface area contributed by atoms with Crippen molar-refractivity contribution in [2.24, 2.45) is 0 Å². The Hall–Kier alpha value is -3.24. The predicted octanol–water partition coefficient (Wildman–Crippen LogP) is 4.09. The van der Waals surface area contributed by atoms with Gasteiger partial charge in [-0.1, -0.05) is 35.5 Å². The number of carbonyl (C=O) groups excluding carboxylic acids is 1. The number of hydrogen-bond acceptors (Lipinski definition) is 7. The van der Waals surface area contributed by atoms with Gasteiger partial charge in [-0.25, -0.2) is 14.4 Å². The molecule has 0 radical (unpaired) electrons. The summed E-state index contributed by atoms with van der Waals surface area (Å²) < 4.78 is 13.7. The molecule has 8 nitrogen and oxygen atoms in total. The summed E-state index contributed by atoms with van der Waals surface area (Å²) in [6.07, 6.45) is 1.11. The number of carbonyl (C=O) groups is 1. The van der Waals surface area contributed by atoms with Crippen molar-refractivity contribution in [3.63, 3.8) is 0 Å². The Bertz CT molecular complexity index is 1040. The van der Waals surface area contributed by atoms with Gasteiger partial charge >= 0.3 is 5.69 Å². The molecule has 142 valence electrons. The lowest BCUT2D eigenvalue weighted by Gasteiger charge is -2.10. The highest BCUT2D eigenvalue weighted by Gasteiger charge is 2.24. The zero-order valence-electron chi connectivity index (χ0n) is 13.9. The third kappa shape index (κ3) is 4.53. The Kier molecular flexibility index (Phi) is 6.02. The molecular weight excluding hydrogens is 409 g/mol. The summed E-state index contributed by atoms with van der Waals surface area (Å²) in [7, 11) is 0. The van der Waals surface area contributed by atoms with Gasteiger partial charge in [0.05, 0.1) is 10.5 Å². The van der Waals surface area contributed by atoms with Gasteiger partial charge in [0.2, 0.25) is 5.82 Å².